The molecule has 0 aromatic heterocycles. The van der Waals surface area contributed by atoms with E-state index in [2.05, 4.69) is 9.80 Å². The van der Waals surface area contributed by atoms with E-state index in [9.17, 15) is 10.1 Å². The summed E-state index contributed by atoms with van der Waals surface area (Å²) in [5.74, 6) is 0.864. The maximum Gasteiger partial charge on any atom is 0.277 e. The molecular formula is C20H24ClN3O4. The van der Waals surface area contributed by atoms with Crippen LogP contribution in [-0.2, 0) is 13.1 Å². The van der Waals surface area contributed by atoms with Crippen molar-refractivity contribution in [1.82, 2.24) is 9.80 Å². The predicted molar refractivity (Wildman–Crippen MR) is 108 cm³/mol. The normalized spacial score (nSPS) is 15.4. The monoisotopic (exact) mass is 405 g/mol. The molecule has 3 rings (SSSR count). The van der Waals surface area contributed by atoms with Crippen LogP contribution in [0.3, 0.4) is 0 Å². The molecule has 1 heterocycles. The van der Waals surface area contributed by atoms with Crippen LogP contribution in [0.15, 0.2) is 36.4 Å². The number of nitro groups is 1. The molecule has 2 aromatic carbocycles. The molecule has 2 aromatic rings. The molecule has 0 bridgehead atoms. The van der Waals surface area contributed by atoms with Crippen LogP contribution in [0.5, 0.6) is 11.5 Å². The highest BCUT2D eigenvalue weighted by Gasteiger charge is 2.24. The van der Waals surface area contributed by atoms with E-state index in [1.54, 1.807) is 6.07 Å². The number of nitrogens with zero attached hydrogens (tertiary/aromatic N) is 3. The van der Waals surface area contributed by atoms with Gasteiger partial charge in [-0.2, -0.15) is 0 Å². The molecule has 150 valence electrons. The summed E-state index contributed by atoms with van der Waals surface area (Å²) in [6, 6.07) is 11.0. The minimum absolute atomic E-state index is 0.0520. The lowest BCUT2D eigenvalue weighted by atomic mass is 10.1. The van der Waals surface area contributed by atoms with Gasteiger partial charge in [-0.3, -0.25) is 19.9 Å². The minimum atomic E-state index is -0.370. The van der Waals surface area contributed by atoms with Gasteiger partial charge in [-0.15, -0.1) is 0 Å². The second kappa shape index (κ2) is 9.23. The Kier molecular flexibility index (Phi) is 6.72. The van der Waals surface area contributed by atoms with Crippen molar-refractivity contribution in [2.45, 2.75) is 13.1 Å². The predicted octanol–water partition coefficient (Wildman–Crippen LogP) is 3.58. The standard InChI is InChI=1S/C20H24ClN3O4/c1-27-19-11-16(18(24(25)26)12-20(19)28-2)14-23-9-7-22(8-10-23)13-15-5-3-4-6-17(15)21/h3-6,11-12H,7-10,13-14H2,1-2H3. The summed E-state index contributed by atoms with van der Waals surface area (Å²) < 4.78 is 10.5. The lowest BCUT2D eigenvalue weighted by Gasteiger charge is -2.34. The Bertz CT molecular complexity index is 838. The fourth-order valence-electron chi connectivity index (χ4n) is 3.42. The lowest BCUT2D eigenvalue weighted by molar-refractivity contribution is -0.385. The van der Waals surface area contributed by atoms with Crippen molar-refractivity contribution in [1.29, 1.82) is 0 Å². The first-order chi connectivity index (χ1) is 13.5. The van der Waals surface area contributed by atoms with Gasteiger partial charge in [0.25, 0.3) is 5.69 Å². The fraction of sp³-hybridized carbons (Fsp3) is 0.400. The summed E-state index contributed by atoms with van der Waals surface area (Å²) in [5, 5.41) is 12.3. The van der Waals surface area contributed by atoms with Crippen molar-refractivity contribution in [3.8, 4) is 11.5 Å². The number of benzene rings is 2. The highest BCUT2D eigenvalue weighted by molar-refractivity contribution is 6.31. The highest BCUT2D eigenvalue weighted by atomic mass is 35.5. The van der Waals surface area contributed by atoms with Crippen LogP contribution in [0, 0.1) is 10.1 Å². The van der Waals surface area contributed by atoms with Gasteiger partial charge in [0.2, 0.25) is 0 Å². The first kappa shape index (κ1) is 20.4. The van der Waals surface area contributed by atoms with Gasteiger partial charge in [-0.1, -0.05) is 29.8 Å². The first-order valence-corrected chi connectivity index (χ1v) is 9.47. The van der Waals surface area contributed by atoms with Crippen LogP contribution < -0.4 is 9.47 Å². The van der Waals surface area contributed by atoms with Crippen molar-refractivity contribution < 1.29 is 14.4 Å². The Morgan fingerprint density at radius 3 is 2.04 bits per heavy atom. The Balaban J connectivity index is 1.66. The second-order valence-electron chi connectivity index (χ2n) is 6.74. The molecule has 1 saturated heterocycles. The van der Waals surface area contributed by atoms with Gasteiger partial charge >= 0.3 is 0 Å². The molecule has 0 amide bonds. The Morgan fingerprint density at radius 1 is 0.964 bits per heavy atom. The molecule has 0 saturated carbocycles. The summed E-state index contributed by atoms with van der Waals surface area (Å²) >= 11 is 6.26. The van der Waals surface area contributed by atoms with E-state index < -0.39 is 0 Å². The molecule has 1 aliphatic heterocycles. The van der Waals surface area contributed by atoms with Gasteiger partial charge < -0.3 is 9.47 Å². The summed E-state index contributed by atoms with van der Waals surface area (Å²) in [4.78, 5) is 15.7. The molecule has 7 nitrogen and oxygen atoms in total. The molecule has 0 unspecified atom stereocenters. The molecule has 1 aliphatic rings. The zero-order chi connectivity index (χ0) is 20.1. The highest BCUT2D eigenvalue weighted by Crippen LogP contribution is 2.35. The van der Waals surface area contributed by atoms with Gasteiger partial charge in [-0.05, 0) is 17.7 Å². The van der Waals surface area contributed by atoms with Crippen molar-refractivity contribution >= 4 is 17.3 Å². The molecule has 8 heteroatoms. The average molecular weight is 406 g/mol. The van der Waals surface area contributed by atoms with E-state index >= 15 is 0 Å². The van der Waals surface area contributed by atoms with Crippen molar-refractivity contribution in [2.75, 3.05) is 40.4 Å². The SMILES string of the molecule is COc1cc(CN2CCN(Cc3ccccc3Cl)CC2)c([N+](=O)[O-])cc1OC. The number of hydrogen-bond donors (Lipinski definition) is 0. The number of methoxy groups -OCH3 is 2. The van der Waals surface area contributed by atoms with E-state index in [4.69, 9.17) is 21.1 Å². The topological polar surface area (TPSA) is 68.1 Å². The quantitative estimate of drug-likeness (QED) is 0.518. The third-order valence-electron chi connectivity index (χ3n) is 4.99. The number of rotatable bonds is 7. The summed E-state index contributed by atoms with van der Waals surface area (Å²) in [5.41, 5.74) is 1.80. The van der Waals surface area contributed by atoms with E-state index in [0.717, 1.165) is 43.3 Å². The van der Waals surface area contributed by atoms with Crippen LogP contribution in [0.1, 0.15) is 11.1 Å². The van der Waals surface area contributed by atoms with E-state index in [0.29, 0.717) is 23.6 Å². The van der Waals surface area contributed by atoms with Crippen LogP contribution in [0.25, 0.3) is 0 Å². The Morgan fingerprint density at radius 2 is 1.50 bits per heavy atom. The van der Waals surface area contributed by atoms with Crippen LogP contribution >= 0.6 is 11.6 Å². The van der Waals surface area contributed by atoms with Gasteiger partial charge in [0.15, 0.2) is 11.5 Å². The average Bonchev–Trinajstić information content (AvgIpc) is 2.70. The van der Waals surface area contributed by atoms with Crippen molar-refractivity contribution in [2.24, 2.45) is 0 Å². The zero-order valence-electron chi connectivity index (χ0n) is 16.1. The number of ether oxygens (including phenoxy) is 2. The molecule has 0 atom stereocenters. The lowest BCUT2D eigenvalue weighted by Crippen LogP contribution is -2.45. The van der Waals surface area contributed by atoms with E-state index in [1.807, 2.05) is 24.3 Å². The molecule has 0 radical (unpaired) electrons. The minimum Gasteiger partial charge on any atom is -0.493 e. The van der Waals surface area contributed by atoms with Crippen molar-refractivity contribution in [3.05, 3.63) is 62.7 Å². The molecule has 28 heavy (non-hydrogen) atoms. The van der Waals surface area contributed by atoms with Gasteiger partial charge in [0, 0.05) is 49.9 Å². The zero-order valence-corrected chi connectivity index (χ0v) is 16.8. The smallest absolute Gasteiger partial charge is 0.277 e. The van der Waals surface area contributed by atoms with Gasteiger partial charge in [0.05, 0.1) is 25.2 Å². The molecule has 1 fully saturated rings. The van der Waals surface area contributed by atoms with E-state index in [1.165, 1.54) is 20.3 Å². The Hall–Kier alpha value is -2.35. The molecule has 0 N–H and O–H groups in total. The number of nitro benzene ring substituents is 1. The summed E-state index contributed by atoms with van der Waals surface area (Å²) in [7, 11) is 3.00. The third-order valence-corrected chi connectivity index (χ3v) is 5.36. The van der Waals surface area contributed by atoms with Crippen molar-refractivity contribution in [3.63, 3.8) is 0 Å². The van der Waals surface area contributed by atoms with Crippen LogP contribution in [-0.4, -0.2) is 55.1 Å². The van der Waals surface area contributed by atoms with Gasteiger partial charge in [0.1, 0.15) is 0 Å². The number of hydrogen-bond acceptors (Lipinski definition) is 6. The largest absolute Gasteiger partial charge is 0.493 e. The molecule has 0 spiro atoms. The fourth-order valence-corrected chi connectivity index (χ4v) is 3.62. The summed E-state index contributed by atoms with van der Waals surface area (Å²) in [6.45, 7) is 4.73. The summed E-state index contributed by atoms with van der Waals surface area (Å²) in [6.07, 6.45) is 0. The van der Waals surface area contributed by atoms with E-state index in [-0.39, 0.29) is 10.6 Å². The number of piperazine rings is 1. The van der Waals surface area contributed by atoms with Gasteiger partial charge in [-0.25, -0.2) is 0 Å². The first-order valence-electron chi connectivity index (χ1n) is 9.09. The molecular weight excluding hydrogens is 382 g/mol. The Labute approximate surface area is 169 Å². The van der Waals surface area contributed by atoms with Crippen LogP contribution in [0.4, 0.5) is 5.69 Å². The maximum atomic E-state index is 11.5. The number of halogens is 1. The third kappa shape index (κ3) is 4.73. The van der Waals surface area contributed by atoms with Crippen LogP contribution in [0.2, 0.25) is 5.02 Å². The second-order valence-corrected chi connectivity index (χ2v) is 7.14. The maximum absolute atomic E-state index is 11.5. The molecule has 0 aliphatic carbocycles.